The van der Waals surface area contributed by atoms with Crippen molar-refractivity contribution in [3.05, 3.63) is 53.6 Å². The third kappa shape index (κ3) is 4.97. The van der Waals surface area contributed by atoms with Crippen LogP contribution >= 0.6 is 0 Å². The number of benzene rings is 2. The van der Waals surface area contributed by atoms with Gasteiger partial charge in [-0.1, -0.05) is 32.0 Å². The van der Waals surface area contributed by atoms with Crippen molar-refractivity contribution in [2.45, 2.75) is 44.4 Å². The molecule has 156 valence electrons. The van der Waals surface area contributed by atoms with Crippen LogP contribution in [0.2, 0.25) is 0 Å². The van der Waals surface area contributed by atoms with Gasteiger partial charge in [0.05, 0.1) is 4.90 Å². The van der Waals surface area contributed by atoms with E-state index in [9.17, 15) is 13.2 Å². The Bertz CT molecular complexity index is 963. The Hall–Kier alpha value is -2.38. The molecule has 0 radical (unpaired) electrons. The minimum absolute atomic E-state index is 0.149. The van der Waals surface area contributed by atoms with Crippen LogP contribution in [0.25, 0.3) is 0 Å². The molecule has 1 fully saturated rings. The van der Waals surface area contributed by atoms with E-state index in [1.54, 1.807) is 12.1 Å². The quantitative estimate of drug-likeness (QED) is 0.742. The topological polar surface area (TPSA) is 75.7 Å². The van der Waals surface area contributed by atoms with Gasteiger partial charge in [-0.2, -0.15) is 4.31 Å². The maximum atomic E-state index is 12.6. The summed E-state index contributed by atoms with van der Waals surface area (Å²) in [6.45, 7) is 7.11. The van der Waals surface area contributed by atoms with Crippen LogP contribution < -0.4 is 10.1 Å². The second kappa shape index (κ2) is 8.97. The predicted molar refractivity (Wildman–Crippen MR) is 114 cm³/mol. The minimum Gasteiger partial charge on any atom is -0.484 e. The van der Waals surface area contributed by atoms with E-state index in [-0.39, 0.29) is 23.3 Å². The first kappa shape index (κ1) is 21.3. The lowest BCUT2D eigenvalue weighted by molar-refractivity contribution is -0.118. The van der Waals surface area contributed by atoms with Gasteiger partial charge in [-0.3, -0.25) is 4.79 Å². The fourth-order valence-electron chi connectivity index (χ4n) is 3.45. The molecule has 29 heavy (non-hydrogen) atoms. The number of hydrogen-bond acceptors (Lipinski definition) is 4. The molecule has 7 heteroatoms. The molecule has 1 N–H and O–H groups in total. The Morgan fingerprint density at radius 1 is 1.10 bits per heavy atom. The van der Waals surface area contributed by atoms with Gasteiger partial charge in [-0.25, -0.2) is 8.42 Å². The summed E-state index contributed by atoms with van der Waals surface area (Å²) in [4.78, 5) is 12.6. The highest BCUT2D eigenvalue weighted by molar-refractivity contribution is 7.89. The van der Waals surface area contributed by atoms with Crippen molar-refractivity contribution in [2.75, 3.05) is 25.0 Å². The highest BCUT2D eigenvalue weighted by atomic mass is 32.2. The summed E-state index contributed by atoms with van der Waals surface area (Å²) < 4.78 is 32.2. The molecule has 0 unspecified atom stereocenters. The van der Waals surface area contributed by atoms with Gasteiger partial charge in [-0.05, 0) is 61.1 Å². The molecule has 0 spiro atoms. The van der Waals surface area contributed by atoms with Crippen molar-refractivity contribution in [3.63, 3.8) is 0 Å². The van der Waals surface area contributed by atoms with Crippen LogP contribution in [0.15, 0.2) is 47.4 Å². The van der Waals surface area contributed by atoms with Crippen molar-refractivity contribution in [1.82, 2.24) is 4.31 Å². The minimum atomic E-state index is -3.45. The van der Waals surface area contributed by atoms with Crippen LogP contribution in [0, 0.1) is 6.92 Å². The Kier molecular flexibility index (Phi) is 6.59. The number of anilines is 1. The third-order valence-corrected chi connectivity index (χ3v) is 7.00. The van der Waals surface area contributed by atoms with Gasteiger partial charge >= 0.3 is 0 Å². The molecule has 1 aliphatic heterocycles. The van der Waals surface area contributed by atoms with Gasteiger partial charge < -0.3 is 10.1 Å². The Morgan fingerprint density at radius 2 is 1.76 bits per heavy atom. The summed E-state index contributed by atoms with van der Waals surface area (Å²) in [5, 5.41) is 2.94. The van der Waals surface area contributed by atoms with Crippen molar-refractivity contribution in [1.29, 1.82) is 0 Å². The van der Waals surface area contributed by atoms with Crippen molar-refractivity contribution >= 4 is 21.6 Å². The average molecular weight is 417 g/mol. The summed E-state index contributed by atoms with van der Waals surface area (Å²) in [7, 11) is -3.45. The zero-order valence-electron chi connectivity index (χ0n) is 17.1. The summed E-state index contributed by atoms with van der Waals surface area (Å²) >= 11 is 0. The molecule has 0 aliphatic carbocycles. The highest BCUT2D eigenvalue weighted by Crippen LogP contribution is 2.27. The van der Waals surface area contributed by atoms with Crippen LogP contribution in [0.3, 0.4) is 0 Å². The normalized spacial score (nSPS) is 14.9. The maximum Gasteiger partial charge on any atom is 0.262 e. The summed E-state index contributed by atoms with van der Waals surface area (Å²) in [6.07, 6.45) is 1.80. The van der Waals surface area contributed by atoms with E-state index in [4.69, 9.17) is 4.74 Å². The van der Waals surface area contributed by atoms with E-state index in [1.165, 1.54) is 16.4 Å². The Labute approximate surface area is 172 Å². The molecule has 6 nitrogen and oxygen atoms in total. The molecule has 1 heterocycles. The smallest absolute Gasteiger partial charge is 0.262 e. The number of nitrogens with zero attached hydrogens (tertiary/aromatic N) is 1. The standard InChI is InChI=1S/C22H28N2O4S/c1-16(2)20-8-6-7-17(3)22(20)23-21(25)15-28-18-9-11-19(12-10-18)29(26,27)24-13-4-5-14-24/h6-12,16H,4-5,13-15H2,1-3H3,(H,23,25). The Balaban J connectivity index is 1.61. The number of aryl methyl sites for hydroxylation is 1. The fourth-order valence-corrected chi connectivity index (χ4v) is 4.97. The van der Waals surface area contributed by atoms with Crippen LogP contribution in [0.1, 0.15) is 43.7 Å². The average Bonchev–Trinajstić information content (AvgIpc) is 3.24. The maximum absolute atomic E-state index is 12.6. The number of hydrogen-bond donors (Lipinski definition) is 1. The number of rotatable bonds is 7. The highest BCUT2D eigenvalue weighted by Gasteiger charge is 2.27. The SMILES string of the molecule is Cc1cccc(C(C)C)c1NC(=O)COc1ccc(S(=O)(=O)N2CCCC2)cc1. The lowest BCUT2D eigenvalue weighted by atomic mass is 9.98. The summed E-state index contributed by atoms with van der Waals surface area (Å²) in [5.74, 6) is 0.487. The number of para-hydroxylation sites is 1. The second-order valence-electron chi connectivity index (χ2n) is 7.61. The first-order valence-corrected chi connectivity index (χ1v) is 11.4. The van der Waals surface area contributed by atoms with Gasteiger partial charge in [0.25, 0.3) is 5.91 Å². The van der Waals surface area contributed by atoms with Crippen molar-refractivity contribution < 1.29 is 17.9 Å². The lowest BCUT2D eigenvalue weighted by Crippen LogP contribution is -2.27. The molecule has 1 saturated heterocycles. The molecule has 0 saturated carbocycles. The van der Waals surface area contributed by atoms with Crippen LogP contribution in [0.5, 0.6) is 5.75 Å². The van der Waals surface area contributed by atoms with Crippen LogP contribution in [0.4, 0.5) is 5.69 Å². The van der Waals surface area contributed by atoms with Crippen LogP contribution in [-0.2, 0) is 14.8 Å². The van der Waals surface area contributed by atoms with E-state index in [1.807, 2.05) is 25.1 Å². The summed E-state index contributed by atoms with van der Waals surface area (Å²) in [5.41, 5.74) is 2.90. The lowest BCUT2D eigenvalue weighted by Gasteiger charge is -2.17. The molecular formula is C22H28N2O4S. The zero-order valence-corrected chi connectivity index (χ0v) is 18.0. The largest absolute Gasteiger partial charge is 0.484 e. The van der Waals surface area contributed by atoms with Gasteiger partial charge in [0.15, 0.2) is 6.61 Å². The number of amides is 1. The predicted octanol–water partition coefficient (Wildman–Crippen LogP) is 3.92. The number of nitrogens with one attached hydrogen (secondary N) is 1. The third-order valence-electron chi connectivity index (χ3n) is 5.09. The first-order chi connectivity index (χ1) is 13.8. The van der Waals surface area contributed by atoms with Gasteiger partial charge in [0.1, 0.15) is 5.75 Å². The van der Waals surface area contributed by atoms with E-state index < -0.39 is 10.0 Å². The molecule has 0 atom stereocenters. The zero-order chi connectivity index (χ0) is 21.0. The van der Waals surface area contributed by atoms with Crippen molar-refractivity contribution in [2.24, 2.45) is 0 Å². The number of ether oxygens (including phenoxy) is 1. The van der Waals surface area contributed by atoms with E-state index >= 15 is 0 Å². The molecule has 2 aromatic rings. The fraction of sp³-hybridized carbons (Fsp3) is 0.409. The number of sulfonamides is 1. The van der Waals surface area contributed by atoms with Crippen LogP contribution in [-0.4, -0.2) is 38.3 Å². The molecule has 1 amide bonds. The van der Waals surface area contributed by atoms with Gasteiger partial charge in [0.2, 0.25) is 10.0 Å². The molecule has 1 aliphatic rings. The summed E-state index contributed by atoms with van der Waals surface area (Å²) in [6, 6.07) is 12.2. The second-order valence-corrected chi connectivity index (χ2v) is 9.55. The number of carbonyl (C=O) groups is 1. The molecular weight excluding hydrogens is 388 g/mol. The number of carbonyl (C=O) groups excluding carboxylic acids is 1. The van der Waals surface area contributed by atoms with E-state index in [2.05, 4.69) is 19.2 Å². The van der Waals surface area contributed by atoms with E-state index in [0.29, 0.717) is 18.8 Å². The van der Waals surface area contributed by atoms with E-state index in [0.717, 1.165) is 29.7 Å². The molecule has 0 bridgehead atoms. The van der Waals surface area contributed by atoms with Gasteiger partial charge in [0, 0.05) is 18.8 Å². The van der Waals surface area contributed by atoms with Crippen molar-refractivity contribution in [3.8, 4) is 5.75 Å². The Morgan fingerprint density at radius 3 is 2.38 bits per heavy atom. The van der Waals surface area contributed by atoms with Gasteiger partial charge in [-0.15, -0.1) is 0 Å². The first-order valence-electron chi connectivity index (χ1n) is 9.91. The molecule has 3 rings (SSSR count). The molecule has 0 aromatic heterocycles. The monoisotopic (exact) mass is 416 g/mol. The molecule has 2 aromatic carbocycles.